The van der Waals surface area contributed by atoms with Crippen molar-refractivity contribution in [2.24, 2.45) is 5.73 Å². The van der Waals surface area contributed by atoms with Crippen molar-refractivity contribution in [3.63, 3.8) is 0 Å². The van der Waals surface area contributed by atoms with Crippen molar-refractivity contribution < 1.29 is 14.3 Å². The summed E-state index contributed by atoms with van der Waals surface area (Å²) in [6.45, 7) is 4.03. The first-order chi connectivity index (χ1) is 9.99. The van der Waals surface area contributed by atoms with Gasteiger partial charge in [-0.25, -0.2) is 0 Å². The van der Waals surface area contributed by atoms with E-state index in [2.05, 4.69) is 11.8 Å². The summed E-state index contributed by atoms with van der Waals surface area (Å²) in [6, 6.07) is 5.41. The average Bonchev–Trinajstić information content (AvgIpc) is 2.45. The third-order valence-corrected chi connectivity index (χ3v) is 2.75. The number of hydrogen-bond donors (Lipinski definition) is 1. The van der Waals surface area contributed by atoms with Crippen LogP contribution in [0, 0.1) is 18.8 Å². The largest absolute Gasteiger partial charge is 0.465 e. The van der Waals surface area contributed by atoms with Gasteiger partial charge in [-0.15, -0.1) is 0 Å². The van der Waals surface area contributed by atoms with Gasteiger partial charge < -0.3 is 15.4 Å². The quantitative estimate of drug-likeness (QED) is 0.661. The van der Waals surface area contributed by atoms with E-state index in [1.54, 1.807) is 26.1 Å². The molecule has 0 spiro atoms. The Morgan fingerprint density at radius 2 is 2.10 bits per heavy atom. The number of ether oxygens (including phenoxy) is 1. The molecule has 21 heavy (non-hydrogen) atoms. The van der Waals surface area contributed by atoms with Crippen LogP contribution in [-0.2, 0) is 9.53 Å². The van der Waals surface area contributed by atoms with Gasteiger partial charge in [0.05, 0.1) is 18.7 Å². The lowest BCUT2D eigenvalue weighted by atomic mass is 10.0. The number of hydrogen-bond acceptors (Lipinski definition) is 4. The van der Waals surface area contributed by atoms with Crippen LogP contribution < -0.4 is 5.73 Å². The van der Waals surface area contributed by atoms with Gasteiger partial charge >= 0.3 is 5.97 Å². The zero-order valence-corrected chi connectivity index (χ0v) is 12.6. The predicted octanol–water partition coefficient (Wildman–Crippen LogP) is 0.940. The van der Waals surface area contributed by atoms with Crippen molar-refractivity contribution in [2.45, 2.75) is 13.8 Å². The molecule has 1 aromatic carbocycles. The van der Waals surface area contributed by atoms with E-state index in [0.717, 1.165) is 5.56 Å². The number of aryl methyl sites for hydroxylation is 1. The van der Waals surface area contributed by atoms with Gasteiger partial charge in [-0.2, -0.15) is 0 Å². The molecule has 0 aromatic heterocycles. The van der Waals surface area contributed by atoms with Crippen molar-refractivity contribution in [3.8, 4) is 11.8 Å². The Balaban J connectivity index is 3.00. The van der Waals surface area contributed by atoms with E-state index < -0.39 is 5.97 Å². The van der Waals surface area contributed by atoms with Gasteiger partial charge in [-0.05, 0) is 26.0 Å². The fourth-order valence-electron chi connectivity index (χ4n) is 1.77. The summed E-state index contributed by atoms with van der Waals surface area (Å²) in [7, 11) is 1.56. The maximum atomic E-state index is 12.4. The minimum atomic E-state index is -0.435. The Bertz CT molecular complexity index is 585. The zero-order chi connectivity index (χ0) is 15.8. The average molecular weight is 288 g/mol. The monoisotopic (exact) mass is 288 g/mol. The predicted molar refractivity (Wildman–Crippen MR) is 80.7 cm³/mol. The molecule has 0 atom stereocenters. The number of amides is 1. The van der Waals surface area contributed by atoms with Crippen LogP contribution in [0.25, 0.3) is 0 Å². The summed E-state index contributed by atoms with van der Waals surface area (Å²) in [4.78, 5) is 25.2. The third kappa shape index (κ3) is 4.93. The molecule has 1 amide bonds. The number of nitrogens with zero attached hydrogens (tertiary/aromatic N) is 1. The molecule has 0 aliphatic rings. The second-order valence-electron chi connectivity index (χ2n) is 4.52. The van der Waals surface area contributed by atoms with E-state index in [1.165, 1.54) is 4.90 Å². The van der Waals surface area contributed by atoms with Crippen LogP contribution in [0.5, 0.6) is 0 Å². The lowest BCUT2D eigenvalue weighted by Gasteiger charge is -2.17. The number of likely N-dealkylation sites (N-methyl/N-ethyl adjacent to an activating group) is 1. The Kier molecular flexibility index (Phi) is 6.44. The molecule has 0 heterocycles. The second-order valence-corrected chi connectivity index (χ2v) is 4.52. The molecule has 0 fully saturated rings. The lowest BCUT2D eigenvalue weighted by molar-refractivity contribution is -0.143. The van der Waals surface area contributed by atoms with Crippen LogP contribution in [0.1, 0.15) is 28.4 Å². The maximum absolute atomic E-state index is 12.4. The van der Waals surface area contributed by atoms with Gasteiger partial charge in [0.2, 0.25) is 0 Å². The van der Waals surface area contributed by atoms with Crippen LogP contribution in [0.2, 0.25) is 0 Å². The highest BCUT2D eigenvalue weighted by atomic mass is 16.5. The molecule has 0 aliphatic carbocycles. The topological polar surface area (TPSA) is 72.6 Å². The maximum Gasteiger partial charge on any atom is 0.325 e. The summed E-state index contributed by atoms with van der Waals surface area (Å²) in [5, 5.41) is 0. The molecule has 1 rings (SSSR count). The van der Waals surface area contributed by atoms with E-state index in [1.807, 2.05) is 13.0 Å². The summed E-state index contributed by atoms with van der Waals surface area (Å²) in [5.41, 5.74) is 7.37. The first-order valence-electron chi connectivity index (χ1n) is 6.70. The SMILES string of the molecule is CCOC(=O)CN(C)C(=O)c1cc(C)ccc1C#CCN. The van der Waals surface area contributed by atoms with Crippen molar-refractivity contribution in [2.75, 3.05) is 26.7 Å². The fourth-order valence-corrected chi connectivity index (χ4v) is 1.77. The molecular weight excluding hydrogens is 268 g/mol. The van der Waals surface area contributed by atoms with Gasteiger partial charge in [0.25, 0.3) is 5.91 Å². The second kappa shape index (κ2) is 8.08. The highest BCUT2D eigenvalue weighted by molar-refractivity contribution is 5.98. The lowest BCUT2D eigenvalue weighted by Crippen LogP contribution is -2.33. The first kappa shape index (κ1) is 16.7. The molecule has 5 nitrogen and oxygen atoms in total. The molecule has 5 heteroatoms. The van der Waals surface area contributed by atoms with Gasteiger partial charge in [0.15, 0.2) is 0 Å². The Labute approximate surface area is 125 Å². The standard InChI is InChI=1S/C16H20N2O3/c1-4-21-15(19)11-18(3)16(20)14-10-12(2)7-8-13(14)6-5-9-17/h7-8,10H,4,9,11,17H2,1-3H3. The van der Waals surface area contributed by atoms with E-state index in [4.69, 9.17) is 10.5 Å². The minimum absolute atomic E-state index is 0.0929. The Hall–Kier alpha value is -2.32. The van der Waals surface area contributed by atoms with Gasteiger partial charge in [-0.3, -0.25) is 9.59 Å². The summed E-state index contributed by atoms with van der Waals surface area (Å²) in [6.07, 6.45) is 0. The minimum Gasteiger partial charge on any atom is -0.465 e. The van der Waals surface area contributed by atoms with Crippen molar-refractivity contribution in [3.05, 3.63) is 34.9 Å². The molecule has 0 saturated heterocycles. The van der Waals surface area contributed by atoms with E-state index in [0.29, 0.717) is 17.7 Å². The van der Waals surface area contributed by atoms with E-state index in [9.17, 15) is 9.59 Å². The van der Waals surface area contributed by atoms with Crippen LogP contribution in [0.3, 0.4) is 0 Å². The fraction of sp³-hybridized carbons (Fsp3) is 0.375. The van der Waals surface area contributed by atoms with Gasteiger partial charge in [-0.1, -0.05) is 23.5 Å². The number of carbonyl (C=O) groups excluding carboxylic acids is 2. The van der Waals surface area contributed by atoms with E-state index >= 15 is 0 Å². The Morgan fingerprint density at radius 3 is 2.71 bits per heavy atom. The summed E-state index contributed by atoms with van der Waals surface area (Å²) < 4.78 is 4.84. The van der Waals surface area contributed by atoms with Crippen molar-refractivity contribution >= 4 is 11.9 Å². The molecule has 0 saturated carbocycles. The van der Waals surface area contributed by atoms with E-state index in [-0.39, 0.29) is 19.0 Å². The molecule has 1 aromatic rings. The van der Waals surface area contributed by atoms with Crippen molar-refractivity contribution in [1.82, 2.24) is 4.90 Å². The Morgan fingerprint density at radius 1 is 1.38 bits per heavy atom. The molecule has 2 N–H and O–H groups in total. The molecule has 0 unspecified atom stereocenters. The van der Waals surface area contributed by atoms with Gasteiger partial charge in [0.1, 0.15) is 6.54 Å². The van der Waals surface area contributed by atoms with Crippen LogP contribution in [0.15, 0.2) is 18.2 Å². The third-order valence-electron chi connectivity index (χ3n) is 2.75. The summed E-state index contributed by atoms with van der Waals surface area (Å²) in [5.74, 6) is 4.91. The number of benzene rings is 1. The van der Waals surface area contributed by atoms with Crippen molar-refractivity contribution in [1.29, 1.82) is 0 Å². The smallest absolute Gasteiger partial charge is 0.325 e. The number of nitrogens with two attached hydrogens (primary N) is 1. The first-order valence-corrected chi connectivity index (χ1v) is 6.70. The highest BCUT2D eigenvalue weighted by Gasteiger charge is 2.18. The molecular formula is C16H20N2O3. The molecule has 0 radical (unpaired) electrons. The van der Waals surface area contributed by atoms with Crippen LogP contribution in [0.4, 0.5) is 0 Å². The summed E-state index contributed by atoms with van der Waals surface area (Å²) >= 11 is 0. The van der Waals surface area contributed by atoms with Crippen LogP contribution >= 0.6 is 0 Å². The highest BCUT2D eigenvalue weighted by Crippen LogP contribution is 2.13. The zero-order valence-electron chi connectivity index (χ0n) is 12.6. The molecule has 0 aliphatic heterocycles. The number of rotatable bonds is 4. The normalized spacial score (nSPS) is 9.52. The molecule has 112 valence electrons. The number of esters is 1. The van der Waals surface area contributed by atoms with Gasteiger partial charge in [0, 0.05) is 12.6 Å². The molecule has 0 bridgehead atoms. The van der Waals surface area contributed by atoms with Crippen LogP contribution in [-0.4, -0.2) is 43.5 Å². The number of carbonyl (C=O) groups is 2.